The third kappa shape index (κ3) is 5.08. The molecule has 1 N–H and O–H groups in total. The van der Waals surface area contributed by atoms with Crippen molar-refractivity contribution in [3.63, 3.8) is 0 Å². The molecule has 3 aromatic carbocycles. The van der Waals surface area contributed by atoms with E-state index in [1.807, 2.05) is 24.3 Å². The van der Waals surface area contributed by atoms with Gasteiger partial charge in [0.25, 0.3) is 0 Å². The Kier molecular flexibility index (Phi) is 6.83. The van der Waals surface area contributed by atoms with Gasteiger partial charge in [-0.1, -0.05) is 54.6 Å². The molecule has 3 rings (SSSR count). The fourth-order valence-electron chi connectivity index (χ4n) is 3.21. The zero-order valence-electron chi connectivity index (χ0n) is 15.4. The minimum absolute atomic E-state index is 0.297. The van der Waals surface area contributed by atoms with Gasteiger partial charge < -0.3 is 14.8 Å². The van der Waals surface area contributed by atoms with Crippen LogP contribution in [0.15, 0.2) is 67.3 Å². The predicted octanol–water partition coefficient (Wildman–Crippen LogP) is 4.85. The first-order chi connectivity index (χ1) is 13.3. The largest absolute Gasteiger partial charge is 0.508 e. The summed E-state index contributed by atoms with van der Waals surface area (Å²) < 4.78 is 10.4. The van der Waals surface area contributed by atoms with Crippen LogP contribution in [0.3, 0.4) is 0 Å². The van der Waals surface area contributed by atoms with Crippen LogP contribution in [0.5, 0.6) is 0 Å². The Bertz CT molecular complexity index is 866. The molecule has 0 spiro atoms. The van der Waals surface area contributed by atoms with Gasteiger partial charge in [0.05, 0.1) is 13.2 Å². The number of hydrogen-bond donors (Lipinski definition) is 1. The summed E-state index contributed by atoms with van der Waals surface area (Å²) in [6, 6.07) is 18.8. The summed E-state index contributed by atoms with van der Waals surface area (Å²) in [4.78, 5) is 11.8. The van der Waals surface area contributed by atoms with E-state index < -0.39 is 6.16 Å². The number of fused-ring (bicyclic) bond motifs is 2. The summed E-state index contributed by atoms with van der Waals surface area (Å²) in [5.74, 6) is 0. The zero-order chi connectivity index (χ0) is 18.9. The first kappa shape index (κ1) is 18.9. The fraction of sp³-hybridized carbons (Fsp3) is 0.261. The van der Waals surface area contributed by atoms with E-state index in [4.69, 9.17) is 9.47 Å². The molecule has 0 amide bonds. The second-order valence-electron chi connectivity index (χ2n) is 6.34. The van der Waals surface area contributed by atoms with Crippen molar-refractivity contribution in [2.75, 3.05) is 26.3 Å². The van der Waals surface area contributed by atoms with Crippen molar-refractivity contribution in [2.45, 2.75) is 12.8 Å². The molecule has 0 bridgehead atoms. The molecule has 0 atom stereocenters. The summed E-state index contributed by atoms with van der Waals surface area (Å²) >= 11 is 0. The minimum atomic E-state index is -0.608. The van der Waals surface area contributed by atoms with E-state index in [1.54, 1.807) is 6.08 Å². The smallest absolute Gasteiger partial charge is 0.434 e. The third-order valence-corrected chi connectivity index (χ3v) is 4.46. The van der Waals surface area contributed by atoms with Crippen LogP contribution in [0.25, 0.3) is 21.5 Å². The second kappa shape index (κ2) is 9.74. The highest BCUT2D eigenvalue weighted by atomic mass is 16.7. The minimum Gasteiger partial charge on any atom is -0.434 e. The SMILES string of the molecule is C=CCNCCCOC(=O)OCCc1c2ccccc2cc2ccccc12. The van der Waals surface area contributed by atoms with E-state index in [-0.39, 0.29) is 0 Å². The molecule has 0 radical (unpaired) electrons. The van der Waals surface area contributed by atoms with Crippen LogP contribution >= 0.6 is 0 Å². The van der Waals surface area contributed by atoms with E-state index >= 15 is 0 Å². The first-order valence-electron chi connectivity index (χ1n) is 9.30. The van der Waals surface area contributed by atoms with E-state index in [1.165, 1.54) is 27.1 Å². The molecule has 0 saturated carbocycles. The van der Waals surface area contributed by atoms with Crippen molar-refractivity contribution in [1.29, 1.82) is 0 Å². The Labute approximate surface area is 159 Å². The predicted molar refractivity (Wildman–Crippen MR) is 110 cm³/mol. The summed E-state index contributed by atoms with van der Waals surface area (Å²) in [6.07, 6.45) is 2.59. The molecular formula is C23H25NO3. The van der Waals surface area contributed by atoms with Gasteiger partial charge in [0.2, 0.25) is 0 Å². The molecule has 3 aromatic rings. The van der Waals surface area contributed by atoms with Crippen molar-refractivity contribution >= 4 is 27.7 Å². The van der Waals surface area contributed by atoms with Crippen LogP contribution in [0.1, 0.15) is 12.0 Å². The molecule has 0 aromatic heterocycles. The lowest BCUT2D eigenvalue weighted by atomic mass is 9.95. The Morgan fingerprint density at radius 1 is 0.963 bits per heavy atom. The Morgan fingerprint density at radius 2 is 1.59 bits per heavy atom. The Balaban J connectivity index is 1.58. The molecule has 0 heterocycles. The zero-order valence-corrected chi connectivity index (χ0v) is 15.4. The van der Waals surface area contributed by atoms with Crippen LogP contribution in [0, 0.1) is 0 Å². The van der Waals surface area contributed by atoms with Gasteiger partial charge in [-0.25, -0.2) is 4.79 Å². The van der Waals surface area contributed by atoms with E-state index in [2.05, 4.69) is 42.2 Å². The highest BCUT2D eigenvalue weighted by molar-refractivity contribution is 6.02. The number of nitrogens with one attached hydrogen (secondary N) is 1. The molecule has 0 saturated heterocycles. The molecule has 4 nitrogen and oxygen atoms in total. The summed E-state index contributed by atoms with van der Waals surface area (Å²) in [5.41, 5.74) is 1.20. The fourth-order valence-corrected chi connectivity index (χ4v) is 3.21. The van der Waals surface area contributed by atoms with Gasteiger partial charge in [0, 0.05) is 13.0 Å². The molecule has 0 unspecified atom stereocenters. The van der Waals surface area contributed by atoms with E-state index in [0.717, 1.165) is 19.5 Å². The van der Waals surface area contributed by atoms with Gasteiger partial charge in [-0.05, 0) is 46.1 Å². The average molecular weight is 363 g/mol. The van der Waals surface area contributed by atoms with Crippen LogP contribution in [-0.4, -0.2) is 32.5 Å². The molecule has 0 aliphatic heterocycles. The standard InChI is InChI=1S/C23H25NO3/c1-2-13-24-14-7-15-26-23(25)27-16-12-22-20-10-5-3-8-18(20)17-19-9-4-6-11-21(19)22/h2-6,8-11,17,24H,1,7,12-16H2. The third-order valence-electron chi connectivity index (χ3n) is 4.46. The average Bonchev–Trinajstić information content (AvgIpc) is 2.70. The number of ether oxygens (including phenoxy) is 2. The monoisotopic (exact) mass is 363 g/mol. The lowest BCUT2D eigenvalue weighted by molar-refractivity contribution is 0.0555. The maximum atomic E-state index is 11.8. The van der Waals surface area contributed by atoms with Gasteiger partial charge in [0.1, 0.15) is 0 Å². The topological polar surface area (TPSA) is 47.6 Å². The van der Waals surface area contributed by atoms with Crippen LogP contribution < -0.4 is 5.32 Å². The first-order valence-corrected chi connectivity index (χ1v) is 9.30. The quantitative estimate of drug-likeness (QED) is 0.255. The van der Waals surface area contributed by atoms with Crippen molar-refractivity contribution < 1.29 is 14.3 Å². The van der Waals surface area contributed by atoms with Crippen LogP contribution in [0.4, 0.5) is 4.79 Å². The number of carbonyl (C=O) groups is 1. The van der Waals surface area contributed by atoms with Gasteiger partial charge in [-0.3, -0.25) is 0 Å². The lowest BCUT2D eigenvalue weighted by Gasteiger charge is -2.12. The van der Waals surface area contributed by atoms with E-state index in [0.29, 0.717) is 19.6 Å². The molecule has 4 heteroatoms. The van der Waals surface area contributed by atoms with Crippen molar-refractivity contribution in [2.24, 2.45) is 0 Å². The summed E-state index contributed by atoms with van der Waals surface area (Å²) in [7, 11) is 0. The molecule has 27 heavy (non-hydrogen) atoms. The molecule has 0 aliphatic rings. The van der Waals surface area contributed by atoms with Gasteiger partial charge >= 0.3 is 6.16 Å². The molecule has 140 valence electrons. The molecule has 0 fully saturated rings. The summed E-state index contributed by atoms with van der Waals surface area (Å²) in [6.45, 7) is 5.81. The number of benzene rings is 3. The van der Waals surface area contributed by atoms with Crippen LogP contribution in [0.2, 0.25) is 0 Å². The lowest BCUT2D eigenvalue weighted by Crippen LogP contribution is -2.18. The second-order valence-corrected chi connectivity index (χ2v) is 6.34. The van der Waals surface area contributed by atoms with Crippen LogP contribution in [-0.2, 0) is 15.9 Å². The maximum Gasteiger partial charge on any atom is 0.508 e. The van der Waals surface area contributed by atoms with Gasteiger partial charge in [-0.15, -0.1) is 6.58 Å². The highest BCUT2D eigenvalue weighted by Gasteiger charge is 2.09. The van der Waals surface area contributed by atoms with Crippen molar-refractivity contribution in [3.05, 3.63) is 72.8 Å². The van der Waals surface area contributed by atoms with Crippen molar-refractivity contribution in [1.82, 2.24) is 5.32 Å². The Morgan fingerprint density at radius 3 is 2.26 bits per heavy atom. The molecule has 0 aliphatic carbocycles. The molecular weight excluding hydrogens is 338 g/mol. The van der Waals surface area contributed by atoms with Crippen molar-refractivity contribution in [3.8, 4) is 0 Å². The van der Waals surface area contributed by atoms with E-state index in [9.17, 15) is 4.79 Å². The van der Waals surface area contributed by atoms with Gasteiger partial charge in [0.15, 0.2) is 0 Å². The summed E-state index contributed by atoms with van der Waals surface area (Å²) in [5, 5.41) is 7.94. The maximum absolute atomic E-state index is 11.8. The normalized spacial score (nSPS) is 10.8. The number of carbonyl (C=O) groups excluding carboxylic acids is 1. The van der Waals surface area contributed by atoms with Gasteiger partial charge in [-0.2, -0.15) is 0 Å². The number of hydrogen-bond acceptors (Lipinski definition) is 4. The highest BCUT2D eigenvalue weighted by Crippen LogP contribution is 2.28. The number of rotatable bonds is 9. The Hall–Kier alpha value is -2.85.